The summed E-state index contributed by atoms with van der Waals surface area (Å²) in [6.07, 6.45) is 9.64. The molecule has 136 valence electrons. The van der Waals surface area contributed by atoms with E-state index in [-0.39, 0.29) is 6.09 Å². The fourth-order valence-electron chi connectivity index (χ4n) is 3.51. The number of carbonyl (C=O) groups is 1. The molecule has 0 aromatic rings. The molecule has 4 nitrogen and oxygen atoms in total. The van der Waals surface area contributed by atoms with Gasteiger partial charge >= 0.3 is 6.09 Å². The van der Waals surface area contributed by atoms with E-state index in [1.807, 2.05) is 20.8 Å². The second-order valence-corrected chi connectivity index (χ2v) is 7.97. The van der Waals surface area contributed by atoms with Gasteiger partial charge in [-0.1, -0.05) is 39.5 Å². The Morgan fingerprint density at radius 3 is 2.30 bits per heavy atom. The molecule has 0 bridgehead atoms. The minimum absolute atomic E-state index is 0.291. The zero-order chi connectivity index (χ0) is 17.3. The maximum absolute atomic E-state index is 11.9. The number of hydrogen-bond donors (Lipinski definition) is 2. The average molecular weight is 327 g/mol. The van der Waals surface area contributed by atoms with E-state index in [4.69, 9.17) is 4.74 Å². The van der Waals surface area contributed by atoms with Crippen LogP contribution in [0.1, 0.15) is 86.0 Å². The predicted molar refractivity (Wildman–Crippen MR) is 96.7 cm³/mol. The van der Waals surface area contributed by atoms with E-state index in [1.54, 1.807) is 0 Å². The van der Waals surface area contributed by atoms with Gasteiger partial charge in [0, 0.05) is 18.6 Å². The standard InChI is InChI=1S/C19H38N2O2/c1-6-10-16(11-7-2)21-17-13-9-8-12-15(17)14-20-18(22)23-19(3,4)5/h15-17,21H,6-14H2,1-5H3,(H,20,22). The maximum Gasteiger partial charge on any atom is 0.407 e. The fraction of sp³-hybridized carbons (Fsp3) is 0.947. The number of ether oxygens (including phenoxy) is 1. The van der Waals surface area contributed by atoms with E-state index in [2.05, 4.69) is 24.5 Å². The summed E-state index contributed by atoms with van der Waals surface area (Å²) < 4.78 is 5.35. The van der Waals surface area contributed by atoms with Crippen LogP contribution in [0.25, 0.3) is 0 Å². The Bertz CT molecular complexity index is 333. The minimum Gasteiger partial charge on any atom is -0.444 e. The van der Waals surface area contributed by atoms with Crippen LogP contribution in [0.4, 0.5) is 4.79 Å². The third-order valence-electron chi connectivity index (χ3n) is 4.54. The summed E-state index contributed by atoms with van der Waals surface area (Å²) in [6, 6.07) is 1.15. The van der Waals surface area contributed by atoms with Gasteiger partial charge in [0.15, 0.2) is 0 Å². The quantitative estimate of drug-likeness (QED) is 0.684. The molecule has 1 rings (SSSR count). The SMILES string of the molecule is CCCC(CCC)NC1CCCCC1CNC(=O)OC(C)(C)C. The smallest absolute Gasteiger partial charge is 0.407 e. The molecule has 1 fully saturated rings. The van der Waals surface area contributed by atoms with Crippen LogP contribution >= 0.6 is 0 Å². The predicted octanol–water partition coefficient (Wildman–Crippen LogP) is 4.63. The van der Waals surface area contributed by atoms with Crippen molar-refractivity contribution in [1.82, 2.24) is 10.6 Å². The molecule has 0 radical (unpaired) electrons. The fourth-order valence-corrected chi connectivity index (χ4v) is 3.51. The first-order chi connectivity index (χ1) is 10.9. The highest BCUT2D eigenvalue weighted by atomic mass is 16.6. The zero-order valence-electron chi connectivity index (χ0n) is 15.9. The van der Waals surface area contributed by atoms with E-state index in [0.717, 1.165) is 6.54 Å². The molecule has 0 aromatic heterocycles. The van der Waals surface area contributed by atoms with E-state index in [9.17, 15) is 4.79 Å². The van der Waals surface area contributed by atoms with Crippen molar-refractivity contribution in [2.75, 3.05) is 6.54 Å². The lowest BCUT2D eigenvalue weighted by Crippen LogP contribution is -2.48. The van der Waals surface area contributed by atoms with Crippen LogP contribution in [0.15, 0.2) is 0 Å². The van der Waals surface area contributed by atoms with Gasteiger partial charge in [0.1, 0.15) is 5.60 Å². The largest absolute Gasteiger partial charge is 0.444 e. The maximum atomic E-state index is 11.9. The molecule has 0 saturated heterocycles. The molecule has 1 aliphatic carbocycles. The summed E-state index contributed by atoms with van der Waals surface area (Å²) in [5.74, 6) is 0.521. The number of amides is 1. The number of rotatable bonds is 8. The molecule has 0 aliphatic heterocycles. The van der Waals surface area contributed by atoms with E-state index in [1.165, 1.54) is 51.4 Å². The highest BCUT2D eigenvalue weighted by Crippen LogP contribution is 2.25. The van der Waals surface area contributed by atoms with Gasteiger partial charge in [0.2, 0.25) is 0 Å². The highest BCUT2D eigenvalue weighted by Gasteiger charge is 2.27. The van der Waals surface area contributed by atoms with Gasteiger partial charge in [-0.15, -0.1) is 0 Å². The molecule has 2 N–H and O–H groups in total. The molecule has 23 heavy (non-hydrogen) atoms. The molecular weight excluding hydrogens is 288 g/mol. The van der Waals surface area contributed by atoms with Crippen molar-refractivity contribution in [3.8, 4) is 0 Å². The van der Waals surface area contributed by atoms with Crippen LogP contribution in [0.2, 0.25) is 0 Å². The average Bonchev–Trinajstić information content (AvgIpc) is 2.45. The Morgan fingerprint density at radius 2 is 1.74 bits per heavy atom. The lowest BCUT2D eigenvalue weighted by Gasteiger charge is -2.35. The van der Waals surface area contributed by atoms with Crippen molar-refractivity contribution in [3.63, 3.8) is 0 Å². The Hall–Kier alpha value is -0.770. The monoisotopic (exact) mass is 326 g/mol. The Kier molecular flexibility index (Phi) is 8.96. The van der Waals surface area contributed by atoms with Crippen molar-refractivity contribution in [1.29, 1.82) is 0 Å². The van der Waals surface area contributed by atoms with Crippen molar-refractivity contribution in [3.05, 3.63) is 0 Å². The van der Waals surface area contributed by atoms with Crippen LogP contribution in [-0.2, 0) is 4.74 Å². The van der Waals surface area contributed by atoms with E-state index >= 15 is 0 Å². The number of carbonyl (C=O) groups excluding carboxylic acids is 1. The van der Waals surface area contributed by atoms with Gasteiger partial charge in [-0.25, -0.2) is 4.79 Å². The van der Waals surface area contributed by atoms with Crippen LogP contribution in [-0.4, -0.2) is 30.3 Å². The van der Waals surface area contributed by atoms with Crippen LogP contribution in [0.5, 0.6) is 0 Å². The second-order valence-electron chi connectivity index (χ2n) is 7.97. The van der Waals surface area contributed by atoms with E-state index in [0.29, 0.717) is 18.0 Å². The third-order valence-corrected chi connectivity index (χ3v) is 4.54. The summed E-state index contributed by atoms with van der Waals surface area (Å²) in [6.45, 7) is 10.9. The first-order valence-corrected chi connectivity index (χ1v) is 9.58. The van der Waals surface area contributed by atoms with Crippen LogP contribution in [0, 0.1) is 5.92 Å². The molecule has 1 amide bonds. The van der Waals surface area contributed by atoms with Crippen molar-refractivity contribution in [2.45, 2.75) is 104 Å². The van der Waals surface area contributed by atoms with Gasteiger partial charge in [-0.3, -0.25) is 0 Å². The first-order valence-electron chi connectivity index (χ1n) is 9.58. The number of hydrogen-bond acceptors (Lipinski definition) is 3. The summed E-state index contributed by atoms with van der Waals surface area (Å²) in [5.41, 5.74) is -0.429. The molecule has 0 aromatic carbocycles. The summed E-state index contributed by atoms with van der Waals surface area (Å²) in [4.78, 5) is 11.9. The van der Waals surface area contributed by atoms with Crippen LogP contribution in [0.3, 0.4) is 0 Å². The Morgan fingerprint density at radius 1 is 1.13 bits per heavy atom. The van der Waals surface area contributed by atoms with Crippen molar-refractivity contribution >= 4 is 6.09 Å². The first kappa shape index (κ1) is 20.3. The molecule has 1 aliphatic rings. The second kappa shape index (κ2) is 10.2. The summed E-state index contributed by atoms with van der Waals surface area (Å²) in [5, 5.41) is 6.86. The van der Waals surface area contributed by atoms with Gasteiger partial charge in [-0.2, -0.15) is 0 Å². The summed E-state index contributed by atoms with van der Waals surface area (Å²) >= 11 is 0. The van der Waals surface area contributed by atoms with Gasteiger partial charge in [0.05, 0.1) is 0 Å². The lowest BCUT2D eigenvalue weighted by molar-refractivity contribution is 0.0509. The van der Waals surface area contributed by atoms with Gasteiger partial charge in [-0.05, 0) is 52.4 Å². The zero-order valence-corrected chi connectivity index (χ0v) is 15.9. The third kappa shape index (κ3) is 8.59. The number of nitrogens with one attached hydrogen (secondary N) is 2. The highest BCUT2D eigenvalue weighted by molar-refractivity contribution is 5.67. The van der Waals surface area contributed by atoms with Crippen molar-refractivity contribution in [2.24, 2.45) is 5.92 Å². The molecule has 2 atom stereocenters. The lowest BCUT2D eigenvalue weighted by atomic mass is 9.83. The Balaban J connectivity index is 2.48. The molecule has 0 spiro atoms. The molecule has 0 heterocycles. The van der Waals surface area contributed by atoms with Gasteiger partial charge < -0.3 is 15.4 Å². The number of alkyl carbamates (subject to hydrolysis) is 1. The van der Waals surface area contributed by atoms with Gasteiger partial charge in [0.25, 0.3) is 0 Å². The minimum atomic E-state index is -0.429. The van der Waals surface area contributed by atoms with Crippen LogP contribution < -0.4 is 10.6 Å². The van der Waals surface area contributed by atoms with Crippen molar-refractivity contribution < 1.29 is 9.53 Å². The Labute approximate surface area is 143 Å². The normalized spacial score (nSPS) is 22.2. The molecule has 4 heteroatoms. The topological polar surface area (TPSA) is 50.4 Å². The molecule has 2 unspecified atom stereocenters. The molecule has 1 saturated carbocycles. The summed E-state index contributed by atoms with van der Waals surface area (Å²) in [7, 11) is 0. The molecular formula is C19H38N2O2. The van der Waals surface area contributed by atoms with E-state index < -0.39 is 5.60 Å².